The highest BCUT2D eigenvalue weighted by Gasteiger charge is 2.20. The van der Waals surface area contributed by atoms with Crippen LogP contribution in [0, 0.1) is 18.8 Å². The van der Waals surface area contributed by atoms with Gasteiger partial charge in [0.05, 0.1) is 19.3 Å². The van der Waals surface area contributed by atoms with E-state index in [1.165, 1.54) is 0 Å². The van der Waals surface area contributed by atoms with Gasteiger partial charge in [-0.15, -0.1) is 0 Å². The molecular weight excluding hydrogens is 316 g/mol. The minimum Gasteiger partial charge on any atom is -0.398 e. The van der Waals surface area contributed by atoms with Crippen LogP contribution in [0.5, 0.6) is 5.88 Å². The third-order valence-electron chi connectivity index (χ3n) is 4.01. The number of carbonyl (C=O) groups is 1. The van der Waals surface area contributed by atoms with Crippen LogP contribution >= 0.6 is 0 Å². The first-order valence-electron chi connectivity index (χ1n) is 8.24. The lowest BCUT2D eigenvalue weighted by atomic mass is 10.1. The van der Waals surface area contributed by atoms with Gasteiger partial charge in [0, 0.05) is 24.1 Å². The number of nitrogens with zero attached hydrogens (tertiary/aromatic N) is 2. The second-order valence-electron chi connectivity index (χ2n) is 5.91. The molecule has 0 bridgehead atoms. The molecule has 1 aromatic heterocycles. The highest BCUT2D eigenvalue weighted by atomic mass is 16.5. The summed E-state index contributed by atoms with van der Waals surface area (Å²) in [5.74, 6) is 5.75. The van der Waals surface area contributed by atoms with Crippen LogP contribution in [0.2, 0.25) is 0 Å². The molecule has 1 saturated heterocycles. The Labute approximate surface area is 147 Å². The van der Waals surface area contributed by atoms with Crippen molar-refractivity contribution in [3.63, 3.8) is 0 Å². The molecule has 128 valence electrons. The summed E-state index contributed by atoms with van der Waals surface area (Å²) in [5, 5.41) is 0. The van der Waals surface area contributed by atoms with Crippen LogP contribution in [-0.4, -0.2) is 36.8 Å². The summed E-state index contributed by atoms with van der Waals surface area (Å²) in [7, 11) is 0. The van der Waals surface area contributed by atoms with Gasteiger partial charge >= 0.3 is 5.97 Å². The number of hydrogen-bond acceptors (Lipinski definition) is 5. The molecule has 2 aromatic rings. The smallest absolute Gasteiger partial charge is 0.391 e. The molecule has 1 aliphatic heterocycles. The molecule has 1 aromatic carbocycles. The van der Waals surface area contributed by atoms with Crippen LogP contribution in [0.3, 0.4) is 0 Å². The SMILES string of the molecule is Cc1ccccc1C#CC(=O)Oc1cccc(N2CCOCC2C)n1. The highest BCUT2D eigenvalue weighted by molar-refractivity contribution is 5.90. The van der Waals surface area contributed by atoms with Crippen LogP contribution in [0.15, 0.2) is 42.5 Å². The molecule has 2 heterocycles. The molecule has 5 nitrogen and oxygen atoms in total. The average molecular weight is 336 g/mol. The summed E-state index contributed by atoms with van der Waals surface area (Å²) in [6.45, 7) is 6.11. The van der Waals surface area contributed by atoms with Crippen LogP contribution in [0.4, 0.5) is 5.82 Å². The molecule has 0 radical (unpaired) electrons. The van der Waals surface area contributed by atoms with E-state index < -0.39 is 5.97 Å². The topological polar surface area (TPSA) is 51.7 Å². The van der Waals surface area contributed by atoms with Gasteiger partial charge in [-0.1, -0.05) is 30.2 Å². The zero-order valence-electron chi connectivity index (χ0n) is 14.4. The summed E-state index contributed by atoms with van der Waals surface area (Å²) < 4.78 is 10.7. The van der Waals surface area contributed by atoms with E-state index in [0.717, 1.165) is 23.5 Å². The lowest BCUT2D eigenvalue weighted by molar-refractivity contribution is -0.128. The molecular formula is C20H20N2O3. The van der Waals surface area contributed by atoms with E-state index in [0.29, 0.717) is 13.2 Å². The predicted octanol–water partition coefficient (Wildman–Crippen LogP) is 2.57. The van der Waals surface area contributed by atoms with Crippen molar-refractivity contribution in [3.05, 3.63) is 53.6 Å². The molecule has 0 amide bonds. The molecule has 0 spiro atoms. The van der Waals surface area contributed by atoms with E-state index in [9.17, 15) is 4.79 Å². The average Bonchev–Trinajstić information content (AvgIpc) is 2.62. The van der Waals surface area contributed by atoms with Crippen LogP contribution < -0.4 is 9.64 Å². The van der Waals surface area contributed by atoms with Gasteiger partial charge in [0.2, 0.25) is 5.88 Å². The number of benzene rings is 1. The molecule has 1 aliphatic rings. The normalized spacial score (nSPS) is 16.7. The van der Waals surface area contributed by atoms with E-state index >= 15 is 0 Å². The van der Waals surface area contributed by atoms with Crippen LogP contribution in [0.25, 0.3) is 0 Å². The molecule has 0 N–H and O–H groups in total. The lowest BCUT2D eigenvalue weighted by Gasteiger charge is -2.34. The van der Waals surface area contributed by atoms with Gasteiger partial charge in [-0.2, -0.15) is 4.98 Å². The van der Waals surface area contributed by atoms with Crippen molar-refractivity contribution in [1.82, 2.24) is 4.98 Å². The fourth-order valence-corrected chi connectivity index (χ4v) is 2.64. The summed E-state index contributed by atoms with van der Waals surface area (Å²) in [5.41, 5.74) is 1.83. The number of pyridine rings is 1. The Bertz CT molecular complexity index is 823. The number of ether oxygens (including phenoxy) is 2. The number of carbonyl (C=O) groups excluding carboxylic acids is 1. The molecule has 1 unspecified atom stereocenters. The van der Waals surface area contributed by atoms with Crippen molar-refractivity contribution >= 4 is 11.8 Å². The van der Waals surface area contributed by atoms with E-state index in [-0.39, 0.29) is 11.9 Å². The first kappa shape index (κ1) is 17.0. The Hall–Kier alpha value is -2.84. The monoisotopic (exact) mass is 336 g/mol. The Balaban J connectivity index is 1.70. The molecule has 25 heavy (non-hydrogen) atoms. The Morgan fingerprint density at radius 2 is 2.12 bits per heavy atom. The maximum atomic E-state index is 12.0. The van der Waals surface area contributed by atoms with Gasteiger partial charge in [0.25, 0.3) is 0 Å². The van der Waals surface area contributed by atoms with Crippen molar-refractivity contribution in [1.29, 1.82) is 0 Å². The zero-order chi connectivity index (χ0) is 17.6. The third kappa shape index (κ3) is 4.37. The quantitative estimate of drug-likeness (QED) is 0.623. The number of anilines is 1. The van der Waals surface area contributed by atoms with Crippen LogP contribution in [-0.2, 0) is 9.53 Å². The largest absolute Gasteiger partial charge is 0.398 e. The van der Waals surface area contributed by atoms with E-state index in [2.05, 4.69) is 28.6 Å². The standard InChI is InChI=1S/C20H20N2O3/c1-15-6-3-4-7-17(15)10-11-20(23)25-19-9-5-8-18(21-19)22-12-13-24-14-16(22)2/h3-9,16H,12-14H2,1-2H3. The van der Waals surface area contributed by atoms with Gasteiger partial charge in [-0.25, -0.2) is 4.79 Å². The molecule has 3 rings (SSSR count). The second kappa shape index (κ2) is 7.82. The number of hydrogen-bond donors (Lipinski definition) is 0. The fourth-order valence-electron chi connectivity index (χ4n) is 2.64. The van der Waals surface area contributed by atoms with Gasteiger partial charge in [0.15, 0.2) is 0 Å². The van der Waals surface area contributed by atoms with Crippen molar-refractivity contribution in [3.8, 4) is 17.7 Å². The van der Waals surface area contributed by atoms with E-state index in [1.807, 2.05) is 43.3 Å². The minimum atomic E-state index is -0.622. The Kier molecular flexibility index (Phi) is 5.32. The maximum absolute atomic E-state index is 12.0. The fraction of sp³-hybridized carbons (Fsp3) is 0.300. The first-order chi connectivity index (χ1) is 12.1. The highest BCUT2D eigenvalue weighted by Crippen LogP contribution is 2.20. The van der Waals surface area contributed by atoms with Crippen molar-refractivity contribution in [2.24, 2.45) is 0 Å². The summed E-state index contributed by atoms with van der Waals surface area (Å²) in [4.78, 5) is 18.5. The Morgan fingerprint density at radius 3 is 2.92 bits per heavy atom. The zero-order valence-corrected chi connectivity index (χ0v) is 14.4. The van der Waals surface area contributed by atoms with Crippen LogP contribution in [0.1, 0.15) is 18.1 Å². The number of rotatable bonds is 2. The number of esters is 1. The second-order valence-corrected chi connectivity index (χ2v) is 5.91. The lowest BCUT2D eigenvalue weighted by Crippen LogP contribution is -2.44. The summed E-state index contributed by atoms with van der Waals surface area (Å²) in [6, 6.07) is 13.2. The maximum Gasteiger partial charge on any atom is 0.391 e. The van der Waals surface area contributed by atoms with Gasteiger partial charge < -0.3 is 14.4 Å². The number of aromatic nitrogens is 1. The van der Waals surface area contributed by atoms with E-state index in [4.69, 9.17) is 9.47 Å². The third-order valence-corrected chi connectivity index (χ3v) is 4.01. The molecule has 1 atom stereocenters. The molecule has 0 aliphatic carbocycles. The van der Waals surface area contributed by atoms with Crippen molar-refractivity contribution in [2.75, 3.05) is 24.7 Å². The van der Waals surface area contributed by atoms with Gasteiger partial charge in [-0.3, -0.25) is 0 Å². The van der Waals surface area contributed by atoms with E-state index in [1.54, 1.807) is 6.07 Å². The summed E-state index contributed by atoms with van der Waals surface area (Å²) in [6.07, 6.45) is 0. The molecule has 1 fully saturated rings. The molecule has 0 saturated carbocycles. The van der Waals surface area contributed by atoms with Gasteiger partial charge in [0.1, 0.15) is 5.82 Å². The van der Waals surface area contributed by atoms with Gasteiger partial charge in [-0.05, 0) is 31.5 Å². The Morgan fingerprint density at radius 1 is 1.28 bits per heavy atom. The predicted molar refractivity (Wildman–Crippen MR) is 95.6 cm³/mol. The van der Waals surface area contributed by atoms with Crippen molar-refractivity contribution in [2.45, 2.75) is 19.9 Å². The number of aryl methyl sites for hydroxylation is 1. The number of morpholine rings is 1. The summed E-state index contributed by atoms with van der Waals surface area (Å²) >= 11 is 0. The molecule has 5 heteroatoms. The minimum absolute atomic E-state index is 0.230. The van der Waals surface area contributed by atoms with Crippen molar-refractivity contribution < 1.29 is 14.3 Å². The first-order valence-corrected chi connectivity index (χ1v) is 8.24.